The van der Waals surface area contributed by atoms with Crippen molar-refractivity contribution in [3.8, 4) is 0 Å². The molecule has 0 radical (unpaired) electrons. The van der Waals surface area contributed by atoms with Gasteiger partial charge in [-0.05, 0) is 33.0 Å². The fourth-order valence-corrected chi connectivity index (χ4v) is 2.07. The Kier molecular flexibility index (Phi) is 2.45. The number of rotatable bonds is 1. The van der Waals surface area contributed by atoms with Crippen LogP contribution in [0.25, 0.3) is 0 Å². The predicted molar refractivity (Wildman–Crippen MR) is 66.2 cm³/mol. The van der Waals surface area contributed by atoms with Crippen LogP contribution < -0.4 is 0 Å². The Labute approximate surface area is 97.2 Å². The molecule has 4 heteroatoms. The van der Waals surface area contributed by atoms with E-state index in [0.29, 0.717) is 0 Å². The zero-order valence-corrected chi connectivity index (χ0v) is 10.3. The molecular formula is C12H17BN2O. The lowest BCUT2D eigenvalue weighted by molar-refractivity contribution is -0.114. The van der Waals surface area contributed by atoms with Crippen molar-refractivity contribution in [2.45, 2.75) is 33.2 Å². The Bertz CT molecular complexity index is 404. The van der Waals surface area contributed by atoms with E-state index in [9.17, 15) is 4.79 Å². The third-order valence-electron chi connectivity index (χ3n) is 2.89. The number of Topliss-reactive ketones (excluding diaryl/α,β-unsaturated/α-hetero) is 1. The van der Waals surface area contributed by atoms with Gasteiger partial charge in [-0.2, -0.15) is 0 Å². The highest BCUT2D eigenvalue weighted by Gasteiger charge is 2.41. The largest absolute Gasteiger partial charge is 0.408 e. The van der Waals surface area contributed by atoms with E-state index in [-0.39, 0.29) is 18.3 Å². The standard InChI is InChI=1S/C12H17BN2O/c1-10(16)11-9-15(12(2,3)4)13-7-5-6-8-14(11)13/h5-9H,1-4H3. The molecule has 84 valence electrons. The summed E-state index contributed by atoms with van der Waals surface area (Å²) in [5.41, 5.74) is 0.774. The van der Waals surface area contributed by atoms with Crippen molar-refractivity contribution in [2.24, 2.45) is 0 Å². The second-order valence-corrected chi connectivity index (χ2v) is 5.20. The van der Waals surface area contributed by atoms with Crippen LogP contribution >= 0.6 is 0 Å². The Morgan fingerprint density at radius 3 is 2.56 bits per heavy atom. The summed E-state index contributed by atoms with van der Waals surface area (Å²) in [4.78, 5) is 15.8. The normalized spacial score (nSPS) is 19.0. The summed E-state index contributed by atoms with van der Waals surface area (Å²) >= 11 is 0. The molecule has 0 atom stereocenters. The van der Waals surface area contributed by atoms with E-state index in [1.54, 1.807) is 6.92 Å². The van der Waals surface area contributed by atoms with Gasteiger partial charge in [0.05, 0.1) is 5.70 Å². The average molecular weight is 216 g/mol. The highest BCUT2D eigenvalue weighted by atomic mass is 16.1. The molecule has 0 aromatic carbocycles. The van der Waals surface area contributed by atoms with Crippen molar-refractivity contribution in [1.82, 2.24) is 9.62 Å². The molecule has 2 aliphatic rings. The number of hydrogen-bond acceptors (Lipinski definition) is 3. The molecule has 0 aromatic rings. The van der Waals surface area contributed by atoms with Crippen LogP contribution in [0.1, 0.15) is 27.7 Å². The molecule has 0 fully saturated rings. The topological polar surface area (TPSA) is 23.6 Å². The SMILES string of the molecule is CC(=O)C1=CN(C(C)(C)C)B2C=CC=CN21. The summed E-state index contributed by atoms with van der Waals surface area (Å²) in [6.07, 6.45) is 7.91. The molecule has 2 rings (SSSR count). The van der Waals surface area contributed by atoms with Gasteiger partial charge < -0.3 is 9.62 Å². The van der Waals surface area contributed by atoms with E-state index >= 15 is 0 Å². The molecule has 2 aliphatic heterocycles. The molecule has 0 N–H and O–H groups in total. The zero-order valence-electron chi connectivity index (χ0n) is 10.3. The third kappa shape index (κ3) is 1.68. The van der Waals surface area contributed by atoms with Gasteiger partial charge in [0.1, 0.15) is 0 Å². The smallest absolute Gasteiger partial charge is 0.392 e. The molecule has 2 heterocycles. The van der Waals surface area contributed by atoms with Gasteiger partial charge in [0, 0.05) is 18.7 Å². The van der Waals surface area contributed by atoms with Gasteiger partial charge in [-0.15, -0.1) is 0 Å². The van der Waals surface area contributed by atoms with Gasteiger partial charge in [-0.3, -0.25) is 4.79 Å². The fourth-order valence-electron chi connectivity index (χ4n) is 2.07. The zero-order chi connectivity index (χ0) is 11.9. The Morgan fingerprint density at radius 1 is 1.31 bits per heavy atom. The van der Waals surface area contributed by atoms with E-state index in [1.807, 2.05) is 29.4 Å². The lowest BCUT2D eigenvalue weighted by Gasteiger charge is -2.37. The van der Waals surface area contributed by atoms with Crippen LogP contribution in [0.2, 0.25) is 0 Å². The van der Waals surface area contributed by atoms with Gasteiger partial charge in [0.25, 0.3) is 0 Å². The summed E-state index contributed by atoms with van der Waals surface area (Å²) in [6, 6.07) is 0. The van der Waals surface area contributed by atoms with Crippen LogP contribution in [0.3, 0.4) is 0 Å². The summed E-state index contributed by atoms with van der Waals surface area (Å²) in [7, 11) is 0. The molecule has 0 aromatic heterocycles. The maximum absolute atomic E-state index is 11.6. The highest BCUT2D eigenvalue weighted by Crippen LogP contribution is 2.30. The van der Waals surface area contributed by atoms with E-state index in [0.717, 1.165) is 5.70 Å². The number of allylic oxidation sites excluding steroid dienone is 3. The Balaban J connectivity index is 2.39. The van der Waals surface area contributed by atoms with Crippen molar-refractivity contribution in [3.63, 3.8) is 0 Å². The predicted octanol–water partition coefficient (Wildman–Crippen LogP) is 1.94. The van der Waals surface area contributed by atoms with E-state index in [4.69, 9.17) is 0 Å². The number of fused-ring (bicyclic) bond motifs is 1. The molecule has 0 spiro atoms. The van der Waals surface area contributed by atoms with Crippen LogP contribution in [-0.4, -0.2) is 27.9 Å². The van der Waals surface area contributed by atoms with Crippen LogP contribution in [-0.2, 0) is 4.79 Å². The number of carbonyl (C=O) groups is 1. The van der Waals surface area contributed by atoms with Gasteiger partial charge in [-0.25, -0.2) is 0 Å². The van der Waals surface area contributed by atoms with Crippen LogP contribution in [0.15, 0.2) is 36.2 Å². The molecule has 0 aliphatic carbocycles. The second-order valence-electron chi connectivity index (χ2n) is 5.20. The quantitative estimate of drug-likeness (QED) is 0.626. The van der Waals surface area contributed by atoms with Gasteiger partial charge in [0.15, 0.2) is 5.78 Å². The minimum absolute atomic E-state index is 0.00956. The van der Waals surface area contributed by atoms with Gasteiger partial charge in [-0.1, -0.05) is 12.1 Å². The summed E-state index contributed by atoms with van der Waals surface area (Å²) in [5.74, 6) is 2.22. The number of hydrogen-bond donors (Lipinski definition) is 0. The number of nitrogens with zero attached hydrogens (tertiary/aromatic N) is 2. The highest BCUT2D eigenvalue weighted by molar-refractivity contribution is 6.61. The molecule has 0 unspecified atom stereocenters. The second kappa shape index (κ2) is 3.54. The minimum atomic E-state index is 0.00956. The monoisotopic (exact) mass is 216 g/mol. The summed E-state index contributed by atoms with van der Waals surface area (Å²) in [5, 5.41) is 0. The number of ketones is 1. The first-order valence-corrected chi connectivity index (χ1v) is 5.56. The van der Waals surface area contributed by atoms with Crippen LogP contribution in [0.4, 0.5) is 0 Å². The minimum Gasteiger partial charge on any atom is -0.392 e. The van der Waals surface area contributed by atoms with Crippen molar-refractivity contribution < 1.29 is 4.79 Å². The Hall–Kier alpha value is -1.45. The molecule has 16 heavy (non-hydrogen) atoms. The molecule has 0 bridgehead atoms. The lowest BCUT2D eigenvalue weighted by Crippen LogP contribution is -2.50. The third-order valence-corrected chi connectivity index (χ3v) is 2.89. The number of carbonyl (C=O) groups excluding carboxylic acids is 1. The maximum atomic E-state index is 11.6. The van der Waals surface area contributed by atoms with Gasteiger partial charge >= 0.3 is 6.98 Å². The molecular weight excluding hydrogens is 199 g/mol. The van der Waals surface area contributed by atoms with E-state index in [2.05, 4.69) is 31.6 Å². The first-order chi connectivity index (χ1) is 7.41. The fraction of sp³-hybridized carbons (Fsp3) is 0.417. The van der Waals surface area contributed by atoms with Crippen molar-refractivity contribution in [1.29, 1.82) is 0 Å². The van der Waals surface area contributed by atoms with Crippen molar-refractivity contribution in [2.75, 3.05) is 0 Å². The van der Waals surface area contributed by atoms with Crippen LogP contribution in [0, 0.1) is 0 Å². The molecule has 3 nitrogen and oxygen atoms in total. The molecule has 0 amide bonds. The van der Waals surface area contributed by atoms with Crippen LogP contribution in [0.5, 0.6) is 0 Å². The first kappa shape index (κ1) is 11.1. The summed E-state index contributed by atoms with van der Waals surface area (Å²) in [6.45, 7) is 8.20. The maximum Gasteiger partial charge on any atom is 0.408 e. The molecule has 0 saturated heterocycles. The average Bonchev–Trinajstić information content (AvgIpc) is 2.56. The van der Waals surface area contributed by atoms with Crippen molar-refractivity contribution >= 4 is 12.8 Å². The van der Waals surface area contributed by atoms with E-state index < -0.39 is 0 Å². The Morgan fingerprint density at radius 2 is 2.00 bits per heavy atom. The van der Waals surface area contributed by atoms with E-state index in [1.165, 1.54) is 0 Å². The van der Waals surface area contributed by atoms with Gasteiger partial charge in [0.2, 0.25) is 0 Å². The summed E-state index contributed by atoms with van der Waals surface area (Å²) < 4.78 is 0. The van der Waals surface area contributed by atoms with Crippen molar-refractivity contribution in [3.05, 3.63) is 36.2 Å². The first-order valence-electron chi connectivity index (χ1n) is 5.56. The molecule has 0 saturated carbocycles. The lowest BCUT2D eigenvalue weighted by atomic mass is 9.69.